The molecule has 1 aliphatic heterocycles. The van der Waals surface area contributed by atoms with Gasteiger partial charge in [-0.05, 0) is 49.7 Å². The van der Waals surface area contributed by atoms with Crippen LogP contribution >= 0.6 is 0 Å². The van der Waals surface area contributed by atoms with Crippen molar-refractivity contribution in [1.29, 1.82) is 0 Å². The molecule has 1 saturated carbocycles. The van der Waals surface area contributed by atoms with E-state index >= 15 is 0 Å². The van der Waals surface area contributed by atoms with Gasteiger partial charge in [-0.15, -0.1) is 0 Å². The Morgan fingerprint density at radius 3 is 2.36 bits per heavy atom. The van der Waals surface area contributed by atoms with E-state index in [9.17, 15) is 9.59 Å². The van der Waals surface area contributed by atoms with Crippen LogP contribution in [-0.2, 0) is 11.2 Å². The van der Waals surface area contributed by atoms with Gasteiger partial charge >= 0.3 is 0 Å². The summed E-state index contributed by atoms with van der Waals surface area (Å²) in [5.41, 5.74) is 2.81. The van der Waals surface area contributed by atoms with Crippen molar-refractivity contribution in [1.82, 2.24) is 14.8 Å². The SMILES string of the molecule is CN1CCN(C(=O)Cc2ccc(NC(=O)c3nc(-c4ccccc4)oc3C3CC3)cc2)CC1. The molecule has 1 N–H and O–H groups in total. The van der Waals surface area contributed by atoms with Crippen molar-refractivity contribution >= 4 is 17.5 Å². The summed E-state index contributed by atoms with van der Waals surface area (Å²) in [7, 11) is 2.07. The van der Waals surface area contributed by atoms with E-state index < -0.39 is 0 Å². The van der Waals surface area contributed by atoms with Gasteiger partial charge in [0.1, 0.15) is 5.76 Å². The van der Waals surface area contributed by atoms with Gasteiger partial charge in [-0.2, -0.15) is 0 Å². The minimum Gasteiger partial charge on any atom is -0.440 e. The Kier molecular flexibility index (Phi) is 5.96. The molecule has 1 aromatic heterocycles. The highest BCUT2D eigenvalue weighted by atomic mass is 16.4. The topological polar surface area (TPSA) is 78.7 Å². The summed E-state index contributed by atoms with van der Waals surface area (Å²) < 4.78 is 5.99. The fourth-order valence-electron chi connectivity index (χ4n) is 4.06. The van der Waals surface area contributed by atoms with Crippen LogP contribution < -0.4 is 5.32 Å². The van der Waals surface area contributed by atoms with E-state index in [-0.39, 0.29) is 17.7 Å². The number of amides is 2. The summed E-state index contributed by atoms with van der Waals surface area (Å²) in [5, 5.41) is 2.93. The zero-order valence-corrected chi connectivity index (χ0v) is 18.8. The predicted molar refractivity (Wildman–Crippen MR) is 126 cm³/mol. The van der Waals surface area contributed by atoms with Gasteiger partial charge in [0.15, 0.2) is 5.69 Å². The van der Waals surface area contributed by atoms with Gasteiger partial charge in [-0.25, -0.2) is 4.98 Å². The number of aromatic nitrogens is 1. The molecule has 1 saturated heterocycles. The second-order valence-corrected chi connectivity index (χ2v) is 8.88. The van der Waals surface area contributed by atoms with E-state index in [0.717, 1.165) is 50.1 Å². The van der Waals surface area contributed by atoms with Gasteiger partial charge in [0.2, 0.25) is 11.8 Å². The minimum atomic E-state index is -0.274. The van der Waals surface area contributed by atoms with E-state index in [2.05, 4.69) is 22.2 Å². The molecule has 0 unspecified atom stereocenters. The Morgan fingerprint density at radius 2 is 1.70 bits per heavy atom. The van der Waals surface area contributed by atoms with Crippen LogP contribution in [0, 0.1) is 0 Å². The van der Waals surface area contributed by atoms with E-state index in [1.807, 2.05) is 59.5 Å². The number of hydrogen-bond acceptors (Lipinski definition) is 5. The van der Waals surface area contributed by atoms with E-state index in [1.54, 1.807) is 0 Å². The lowest BCUT2D eigenvalue weighted by atomic mass is 10.1. The van der Waals surface area contributed by atoms with E-state index in [4.69, 9.17) is 4.42 Å². The van der Waals surface area contributed by atoms with Gasteiger partial charge in [0.25, 0.3) is 5.91 Å². The molecular formula is C26H28N4O3. The summed E-state index contributed by atoms with van der Waals surface area (Å²) in [6.45, 7) is 3.37. The van der Waals surface area contributed by atoms with Gasteiger partial charge in [0.05, 0.1) is 6.42 Å². The van der Waals surface area contributed by atoms with Crippen molar-refractivity contribution in [2.24, 2.45) is 0 Å². The number of rotatable bonds is 6. The van der Waals surface area contributed by atoms with Crippen molar-refractivity contribution in [3.63, 3.8) is 0 Å². The number of anilines is 1. The molecule has 0 spiro atoms. The molecule has 2 heterocycles. The largest absolute Gasteiger partial charge is 0.440 e. The molecule has 0 bridgehead atoms. The monoisotopic (exact) mass is 444 g/mol. The van der Waals surface area contributed by atoms with Gasteiger partial charge < -0.3 is 19.5 Å². The number of benzene rings is 2. The van der Waals surface area contributed by atoms with Crippen LogP contribution in [0.1, 0.15) is 40.6 Å². The number of nitrogens with zero attached hydrogens (tertiary/aromatic N) is 3. The van der Waals surface area contributed by atoms with Crippen LogP contribution in [0.3, 0.4) is 0 Å². The Labute approximate surface area is 193 Å². The fraction of sp³-hybridized carbons (Fsp3) is 0.346. The Balaban J connectivity index is 1.25. The van der Waals surface area contributed by atoms with Crippen LogP contribution in [0.25, 0.3) is 11.5 Å². The summed E-state index contributed by atoms with van der Waals surface area (Å²) in [4.78, 5) is 34.2. The molecule has 33 heavy (non-hydrogen) atoms. The van der Waals surface area contributed by atoms with E-state index in [1.165, 1.54) is 0 Å². The van der Waals surface area contributed by atoms with Gasteiger partial charge in [0, 0.05) is 43.3 Å². The van der Waals surface area contributed by atoms with Crippen molar-refractivity contribution in [3.8, 4) is 11.5 Å². The first-order valence-corrected chi connectivity index (χ1v) is 11.5. The third-order valence-corrected chi connectivity index (χ3v) is 6.26. The first-order chi connectivity index (χ1) is 16.1. The number of carbonyl (C=O) groups excluding carboxylic acids is 2. The lowest BCUT2D eigenvalue weighted by Crippen LogP contribution is -2.47. The number of nitrogens with one attached hydrogen (secondary N) is 1. The maximum atomic E-state index is 13.0. The quantitative estimate of drug-likeness (QED) is 0.626. The lowest BCUT2D eigenvalue weighted by molar-refractivity contribution is -0.132. The molecule has 5 rings (SSSR count). The highest BCUT2D eigenvalue weighted by Crippen LogP contribution is 2.43. The Bertz CT molecular complexity index is 1130. The second-order valence-electron chi connectivity index (χ2n) is 8.88. The summed E-state index contributed by atoms with van der Waals surface area (Å²) >= 11 is 0. The molecular weight excluding hydrogens is 416 g/mol. The maximum Gasteiger partial charge on any atom is 0.277 e. The first kappa shape index (κ1) is 21.4. The highest BCUT2D eigenvalue weighted by Gasteiger charge is 2.34. The number of likely N-dealkylation sites (N-methyl/N-ethyl adjacent to an activating group) is 1. The number of carbonyl (C=O) groups is 2. The van der Waals surface area contributed by atoms with E-state index in [0.29, 0.717) is 29.5 Å². The van der Waals surface area contributed by atoms with Crippen LogP contribution in [0.2, 0.25) is 0 Å². The highest BCUT2D eigenvalue weighted by molar-refractivity contribution is 6.04. The lowest BCUT2D eigenvalue weighted by Gasteiger charge is -2.32. The van der Waals surface area contributed by atoms with Crippen LogP contribution in [0.15, 0.2) is 59.0 Å². The Hall–Kier alpha value is -3.45. The van der Waals surface area contributed by atoms with Crippen molar-refractivity contribution in [2.45, 2.75) is 25.2 Å². The normalized spacial score (nSPS) is 16.6. The molecule has 2 aliphatic rings. The van der Waals surface area contributed by atoms with Crippen molar-refractivity contribution in [2.75, 3.05) is 38.5 Å². The zero-order valence-electron chi connectivity index (χ0n) is 18.8. The smallest absolute Gasteiger partial charge is 0.277 e. The summed E-state index contributed by atoms with van der Waals surface area (Å²) in [5.74, 6) is 1.27. The van der Waals surface area contributed by atoms with Crippen molar-refractivity contribution < 1.29 is 14.0 Å². The molecule has 2 amide bonds. The number of piperazine rings is 1. The third kappa shape index (κ3) is 4.98. The third-order valence-electron chi connectivity index (χ3n) is 6.26. The van der Waals surface area contributed by atoms with Crippen molar-refractivity contribution in [3.05, 3.63) is 71.6 Å². The maximum absolute atomic E-state index is 13.0. The van der Waals surface area contributed by atoms with Crippen LogP contribution in [-0.4, -0.2) is 59.8 Å². The van der Waals surface area contributed by atoms with Gasteiger partial charge in [-0.1, -0.05) is 30.3 Å². The first-order valence-electron chi connectivity index (χ1n) is 11.5. The van der Waals surface area contributed by atoms with Crippen LogP contribution in [0.4, 0.5) is 5.69 Å². The average molecular weight is 445 g/mol. The molecule has 3 aromatic rings. The minimum absolute atomic E-state index is 0.144. The predicted octanol–water partition coefficient (Wildman–Crippen LogP) is 3.79. The molecule has 0 radical (unpaired) electrons. The summed E-state index contributed by atoms with van der Waals surface area (Å²) in [6, 6.07) is 17.1. The molecule has 1 aliphatic carbocycles. The van der Waals surface area contributed by atoms with Gasteiger partial charge in [-0.3, -0.25) is 9.59 Å². The molecule has 2 aromatic carbocycles. The molecule has 7 heteroatoms. The molecule has 0 atom stereocenters. The fourth-order valence-corrected chi connectivity index (χ4v) is 4.06. The number of oxazole rings is 1. The molecule has 170 valence electrons. The standard InChI is InChI=1S/C26H28N4O3/c1-29-13-15-30(16-14-29)22(31)17-18-7-11-21(12-8-18)27-25(32)23-24(19-9-10-19)33-26(28-23)20-5-3-2-4-6-20/h2-8,11-12,19H,9-10,13-17H2,1H3,(H,27,32). The van der Waals surface area contributed by atoms with Crippen LogP contribution in [0.5, 0.6) is 0 Å². The average Bonchev–Trinajstić information content (AvgIpc) is 3.59. The summed E-state index contributed by atoms with van der Waals surface area (Å²) in [6.07, 6.45) is 2.40. The zero-order chi connectivity index (χ0) is 22.8. The second kappa shape index (κ2) is 9.19. The molecule has 2 fully saturated rings. The number of hydrogen-bond donors (Lipinski definition) is 1. The molecule has 7 nitrogen and oxygen atoms in total. The Morgan fingerprint density at radius 1 is 1.00 bits per heavy atom.